The molecular weight excluding hydrogens is 279 g/mol. The molecule has 0 amide bonds. The SMILES string of the molecule is CCC1CCCN(S(=O)(=O)c2cc(N)c(C)cc2F)C1. The predicted octanol–water partition coefficient (Wildman–Crippen LogP) is 2.53. The maximum atomic E-state index is 14.0. The number of halogens is 1. The van der Waals surface area contributed by atoms with Crippen molar-refractivity contribution in [2.24, 2.45) is 5.92 Å². The number of hydrogen-bond acceptors (Lipinski definition) is 3. The molecule has 112 valence electrons. The molecule has 0 spiro atoms. The van der Waals surface area contributed by atoms with Crippen LogP contribution in [-0.2, 0) is 10.0 Å². The number of hydrogen-bond donors (Lipinski definition) is 1. The highest BCUT2D eigenvalue weighted by atomic mass is 32.2. The minimum atomic E-state index is -3.80. The summed E-state index contributed by atoms with van der Waals surface area (Å²) in [5.41, 5.74) is 6.57. The van der Waals surface area contributed by atoms with Gasteiger partial charge in [-0.15, -0.1) is 0 Å². The van der Waals surface area contributed by atoms with Gasteiger partial charge in [0.25, 0.3) is 0 Å². The molecule has 1 aromatic carbocycles. The van der Waals surface area contributed by atoms with Gasteiger partial charge in [-0.1, -0.05) is 13.3 Å². The third kappa shape index (κ3) is 2.81. The predicted molar refractivity (Wildman–Crippen MR) is 77.3 cm³/mol. The van der Waals surface area contributed by atoms with E-state index < -0.39 is 15.8 Å². The zero-order valence-corrected chi connectivity index (χ0v) is 12.7. The molecule has 1 aliphatic rings. The molecule has 6 heteroatoms. The molecule has 0 aromatic heterocycles. The van der Waals surface area contributed by atoms with E-state index in [4.69, 9.17) is 5.73 Å². The van der Waals surface area contributed by atoms with Crippen molar-refractivity contribution in [2.45, 2.75) is 38.0 Å². The Bertz CT molecular complexity index is 601. The van der Waals surface area contributed by atoms with Crippen LogP contribution in [0.25, 0.3) is 0 Å². The fourth-order valence-corrected chi connectivity index (χ4v) is 4.22. The molecule has 0 aliphatic carbocycles. The number of benzene rings is 1. The van der Waals surface area contributed by atoms with Gasteiger partial charge in [-0.05, 0) is 43.4 Å². The first-order chi connectivity index (χ1) is 9.36. The van der Waals surface area contributed by atoms with Gasteiger partial charge in [0.15, 0.2) is 0 Å². The first kappa shape index (κ1) is 15.3. The van der Waals surface area contributed by atoms with Crippen LogP contribution in [0.4, 0.5) is 10.1 Å². The summed E-state index contributed by atoms with van der Waals surface area (Å²) in [6, 6.07) is 2.42. The van der Waals surface area contributed by atoms with Crippen LogP contribution < -0.4 is 5.73 Å². The Morgan fingerprint density at radius 3 is 2.80 bits per heavy atom. The molecule has 0 saturated carbocycles. The number of aryl methyl sites for hydroxylation is 1. The molecule has 1 aromatic rings. The number of rotatable bonds is 3. The molecule has 2 rings (SSSR count). The van der Waals surface area contributed by atoms with Crippen molar-refractivity contribution in [2.75, 3.05) is 18.8 Å². The van der Waals surface area contributed by atoms with Crippen LogP contribution in [0, 0.1) is 18.7 Å². The van der Waals surface area contributed by atoms with Crippen molar-refractivity contribution in [1.82, 2.24) is 4.31 Å². The molecule has 0 bridgehead atoms. The standard InChI is InChI=1S/C14H21FN2O2S/c1-3-11-5-4-6-17(9-11)20(18,19)14-8-13(16)10(2)7-12(14)15/h7-8,11H,3-6,9,16H2,1-2H3. The van der Waals surface area contributed by atoms with E-state index in [0.717, 1.165) is 19.3 Å². The summed E-state index contributed by atoms with van der Waals surface area (Å²) >= 11 is 0. The highest BCUT2D eigenvalue weighted by Crippen LogP contribution is 2.28. The van der Waals surface area contributed by atoms with Crippen molar-refractivity contribution >= 4 is 15.7 Å². The van der Waals surface area contributed by atoms with E-state index in [2.05, 4.69) is 0 Å². The fraction of sp³-hybridized carbons (Fsp3) is 0.571. The van der Waals surface area contributed by atoms with Gasteiger partial charge in [0.2, 0.25) is 10.0 Å². The molecule has 0 radical (unpaired) electrons. The highest BCUT2D eigenvalue weighted by molar-refractivity contribution is 7.89. The molecular formula is C14H21FN2O2S. The molecule has 2 N–H and O–H groups in total. The van der Waals surface area contributed by atoms with E-state index in [0.29, 0.717) is 30.3 Å². The third-order valence-electron chi connectivity index (χ3n) is 4.00. The zero-order chi connectivity index (χ0) is 14.9. The van der Waals surface area contributed by atoms with Crippen molar-refractivity contribution in [1.29, 1.82) is 0 Å². The van der Waals surface area contributed by atoms with Crippen LogP contribution >= 0.6 is 0 Å². The van der Waals surface area contributed by atoms with Crippen LogP contribution in [0.1, 0.15) is 31.7 Å². The van der Waals surface area contributed by atoms with E-state index in [9.17, 15) is 12.8 Å². The average Bonchev–Trinajstić information content (AvgIpc) is 2.42. The van der Waals surface area contributed by atoms with Crippen LogP contribution in [0.15, 0.2) is 17.0 Å². The number of piperidine rings is 1. The molecule has 1 saturated heterocycles. The van der Waals surface area contributed by atoms with E-state index in [1.807, 2.05) is 6.92 Å². The molecule has 4 nitrogen and oxygen atoms in total. The van der Waals surface area contributed by atoms with E-state index in [1.165, 1.54) is 16.4 Å². The second-order valence-corrected chi connectivity index (χ2v) is 7.33. The molecule has 1 aliphatic heterocycles. The molecule has 1 heterocycles. The second kappa shape index (κ2) is 5.69. The van der Waals surface area contributed by atoms with Gasteiger partial charge in [-0.25, -0.2) is 12.8 Å². The van der Waals surface area contributed by atoms with Gasteiger partial charge in [-0.2, -0.15) is 4.31 Å². The average molecular weight is 300 g/mol. The van der Waals surface area contributed by atoms with Gasteiger partial charge in [0.1, 0.15) is 10.7 Å². The lowest BCUT2D eigenvalue weighted by molar-refractivity contribution is 0.261. The summed E-state index contributed by atoms with van der Waals surface area (Å²) in [6.07, 6.45) is 2.78. The smallest absolute Gasteiger partial charge is 0.246 e. The number of sulfonamides is 1. The Morgan fingerprint density at radius 2 is 2.15 bits per heavy atom. The Kier molecular flexibility index (Phi) is 4.34. The van der Waals surface area contributed by atoms with Crippen LogP contribution in [0.2, 0.25) is 0 Å². The normalized spacial score (nSPS) is 21.1. The van der Waals surface area contributed by atoms with Gasteiger partial charge in [0, 0.05) is 18.8 Å². The Balaban J connectivity index is 2.37. The fourth-order valence-electron chi connectivity index (χ4n) is 2.58. The lowest BCUT2D eigenvalue weighted by atomic mass is 9.97. The lowest BCUT2D eigenvalue weighted by Gasteiger charge is -2.31. The van der Waals surface area contributed by atoms with Gasteiger partial charge < -0.3 is 5.73 Å². The molecule has 1 unspecified atom stereocenters. The Hall–Kier alpha value is -1.14. The second-order valence-electron chi connectivity index (χ2n) is 5.42. The largest absolute Gasteiger partial charge is 0.398 e. The third-order valence-corrected chi connectivity index (χ3v) is 5.88. The minimum absolute atomic E-state index is 0.300. The van der Waals surface area contributed by atoms with Crippen LogP contribution in [0.5, 0.6) is 0 Å². The lowest BCUT2D eigenvalue weighted by Crippen LogP contribution is -2.40. The van der Waals surface area contributed by atoms with E-state index >= 15 is 0 Å². The molecule has 1 atom stereocenters. The topological polar surface area (TPSA) is 63.4 Å². The summed E-state index contributed by atoms with van der Waals surface area (Å²) in [5, 5.41) is 0. The van der Waals surface area contributed by atoms with Gasteiger partial charge in [0.05, 0.1) is 0 Å². The number of nitrogens with zero attached hydrogens (tertiary/aromatic N) is 1. The van der Waals surface area contributed by atoms with Crippen LogP contribution in [0.3, 0.4) is 0 Å². The number of nitrogen functional groups attached to an aromatic ring is 1. The molecule has 1 fully saturated rings. The first-order valence-electron chi connectivity index (χ1n) is 6.92. The monoisotopic (exact) mass is 300 g/mol. The quantitative estimate of drug-likeness (QED) is 0.872. The Labute approximate surface area is 119 Å². The molecule has 20 heavy (non-hydrogen) atoms. The van der Waals surface area contributed by atoms with Gasteiger partial charge >= 0.3 is 0 Å². The summed E-state index contributed by atoms with van der Waals surface area (Å²) in [5.74, 6) is -0.375. The maximum Gasteiger partial charge on any atom is 0.246 e. The first-order valence-corrected chi connectivity index (χ1v) is 8.36. The Morgan fingerprint density at radius 1 is 1.45 bits per heavy atom. The number of anilines is 1. The zero-order valence-electron chi connectivity index (χ0n) is 11.9. The van der Waals surface area contributed by atoms with Crippen molar-refractivity contribution < 1.29 is 12.8 Å². The van der Waals surface area contributed by atoms with Crippen LogP contribution in [-0.4, -0.2) is 25.8 Å². The van der Waals surface area contributed by atoms with Crippen molar-refractivity contribution in [3.63, 3.8) is 0 Å². The summed E-state index contributed by atoms with van der Waals surface area (Å²) in [7, 11) is -3.80. The minimum Gasteiger partial charge on any atom is -0.398 e. The van der Waals surface area contributed by atoms with E-state index in [1.54, 1.807) is 6.92 Å². The van der Waals surface area contributed by atoms with Crippen molar-refractivity contribution in [3.05, 3.63) is 23.5 Å². The number of nitrogens with two attached hydrogens (primary N) is 1. The summed E-state index contributed by atoms with van der Waals surface area (Å²) in [6.45, 7) is 4.62. The maximum absolute atomic E-state index is 14.0. The van der Waals surface area contributed by atoms with E-state index in [-0.39, 0.29) is 4.90 Å². The summed E-state index contributed by atoms with van der Waals surface area (Å²) < 4.78 is 40.5. The van der Waals surface area contributed by atoms with Gasteiger partial charge in [-0.3, -0.25) is 0 Å². The summed E-state index contributed by atoms with van der Waals surface area (Å²) in [4.78, 5) is -0.308. The van der Waals surface area contributed by atoms with Crippen molar-refractivity contribution in [3.8, 4) is 0 Å². The highest BCUT2D eigenvalue weighted by Gasteiger charge is 2.31.